The number of aryl methyl sites for hydroxylation is 1. The predicted molar refractivity (Wildman–Crippen MR) is 120 cm³/mol. The van der Waals surface area contributed by atoms with E-state index in [1.54, 1.807) is 18.2 Å². The van der Waals surface area contributed by atoms with Crippen molar-refractivity contribution in [3.63, 3.8) is 0 Å². The van der Waals surface area contributed by atoms with Gasteiger partial charge in [-0.1, -0.05) is 0 Å². The number of carbonyl (C=O) groups excluding carboxylic acids is 1. The Labute approximate surface area is 203 Å². The van der Waals surface area contributed by atoms with Crippen molar-refractivity contribution in [2.24, 2.45) is 7.05 Å². The summed E-state index contributed by atoms with van der Waals surface area (Å²) in [6.07, 6.45) is 1.03. The summed E-state index contributed by atoms with van der Waals surface area (Å²) < 4.78 is 59.3. The van der Waals surface area contributed by atoms with E-state index in [0.717, 1.165) is 10.9 Å². The van der Waals surface area contributed by atoms with Crippen LogP contribution in [0.5, 0.6) is 11.5 Å². The third-order valence-corrected chi connectivity index (χ3v) is 6.83. The quantitative estimate of drug-likeness (QED) is 0.373. The van der Waals surface area contributed by atoms with Crippen LogP contribution in [0.4, 0.5) is 5.82 Å². The van der Waals surface area contributed by atoms with Gasteiger partial charge in [-0.2, -0.15) is 21.9 Å². The van der Waals surface area contributed by atoms with Crippen molar-refractivity contribution in [3.8, 4) is 11.5 Å². The highest BCUT2D eigenvalue weighted by Gasteiger charge is 2.30. The number of carbonyl (C=O) groups is 1. The molecular formula is C19H15ClN4O9S2. The lowest BCUT2D eigenvalue weighted by atomic mass is 10.1. The zero-order valence-electron chi connectivity index (χ0n) is 17.7. The predicted octanol–water partition coefficient (Wildman–Crippen LogP) is 1.04. The zero-order chi connectivity index (χ0) is 25.4. The van der Waals surface area contributed by atoms with Gasteiger partial charge in [-0.25, -0.2) is 4.68 Å². The van der Waals surface area contributed by atoms with Gasteiger partial charge in [0.25, 0.3) is 11.5 Å². The van der Waals surface area contributed by atoms with Crippen LogP contribution in [-0.4, -0.2) is 37.5 Å². The van der Waals surface area contributed by atoms with Gasteiger partial charge in [0, 0.05) is 18.7 Å². The highest BCUT2D eigenvalue weighted by atomic mass is 35.7. The summed E-state index contributed by atoms with van der Waals surface area (Å²) in [5.41, 5.74) is 1.29. The van der Waals surface area contributed by atoms with Crippen LogP contribution in [0.1, 0.15) is 21.6 Å². The van der Waals surface area contributed by atoms with Crippen molar-refractivity contribution in [2.75, 3.05) is 4.90 Å². The van der Waals surface area contributed by atoms with E-state index in [1.165, 1.54) is 36.2 Å². The number of amides is 1. The van der Waals surface area contributed by atoms with Crippen LogP contribution in [0.2, 0.25) is 0 Å². The molecule has 0 aliphatic carbocycles. The number of ether oxygens (including phenoxy) is 1. The largest absolute Gasteiger partial charge is 0.487 e. The Bertz CT molecular complexity index is 1570. The van der Waals surface area contributed by atoms with Gasteiger partial charge in [-0.05, 0) is 42.0 Å². The fourth-order valence-electron chi connectivity index (χ4n) is 3.14. The summed E-state index contributed by atoms with van der Waals surface area (Å²) in [5, 5.41) is 4.11. The molecule has 0 unspecified atom stereocenters. The SMILES string of the molecule is Cn1nc(N2Cc3cc(OCc4ccc(OS(=O)(=O)OS(=O)(=O)Cl)cn4)ccc3C2=O)ccc1=O. The molecule has 0 spiro atoms. The Balaban J connectivity index is 1.40. The fraction of sp³-hybridized carbons (Fsp3) is 0.158. The summed E-state index contributed by atoms with van der Waals surface area (Å²) in [4.78, 5) is 29.7. The lowest BCUT2D eigenvalue weighted by Crippen LogP contribution is -2.28. The van der Waals surface area contributed by atoms with Gasteiger partial charge in [-0.15, -0.1) is 3.63 Å². The molecule has 0 atom stereocenters. The maximum atomic E-state index is 12.7. The van der Waals surface area contributed by atoms with E-state index >= 15 is 0 Å². The molecule has 0 radical (unpaired) electrons. The molecule has 4 rings (SSSR count). The third-order valence-electron chi connectivity index (χ3n) is 4.65. The molecule has 3 heterocycles. The van der Waals surface area contributed by atoms with E-state index in [1.807, 2.05) is 0 Å². The lowest BCUT2D eigenvalue weighted by molar-refractivity contribution is 0.0995. The molecule has 0 fully saturated rings. The number of fused-ring (bicyclic) bond motifs is 1. The van der Waals surface area contributed by atoms with E-state index < -0.39 is 19.7 Å². The Morgan fingerprint density at radius 2 is 1.77 bits per heavy atom. The van der Waals surface area contributed by atoms with Crippen LogP contribution in [-0.2, 0) is 43.6 Å². The first-order valence-electron chi connectivity index (χ1n) is 9.57. The molecule has 35 heavy (non-hydrogen) atoms. The zero-order valence-corrected chi connectivity index (χ0v) is 20.1. The van der Waals surface area contributed by atoms with Crippen molar-refractivity contribution in [3.05, 3.63) is 75.8 Å². The van der Waals surface area contributed by atoms with Crippen LogP contribution >= 0.6 is 10.7 Å². The molecule has 1 amide bonds. The van der Waals surface area contributed by atoms with Crippen LogP contribution in [0.15, 0.2) is 53.5 Å². The smallest absolute Gasteiger partial charge is 0.464 e. The van der Waals surface area contributed by atoms with Gasteiger partial charge in [0.2, 0.25) is 0 Å². The van der Waals surface area contributed by atoms with Gasteiger partial charge in [0.15, 0.2) is 11.6 Å². The second kappa shape index (κ2) is 9.26. The first-order chi connectivity index (χ1) is 16.4. The Kier molecular flexibility index (Phi) is 6.50. The molecule has 184 valence electrons. The number of benzene rings is 1. The summed E-state index contributed by atoms with van der Waals surface area (Å²) in [6, 6.07) is 10.4. The molecule has 0 bridgehead atoms. The maximum Gasteiger partial charge on any atom is 0.464 e. The first-order valence-corrected chi connectivity index (χ1v) is 13.1. The van der Waals surface area contributed by atoms with Crippen molar-refractivity contribution in [1.29, 1.82) is 0 Å². The topological polar surface area (TPSA) is 164 Å². The average Bonchev–Trinajstić information content (AvgIpc) is 3.09. The van der Waals surface area contributed by atoms with E-state index in [4.69, 9.17) is 15.4 Å². The minimum Gasteiger partial charge on any atom is -0.487 e. The highest BCUT2D eigenvalue weighted by Crippen LogP contribution is 2.29. The van der Waals surface area contributed by atoms with Gasteiger partial charge in [0.05, 0.1) is 29.1 Å². The average molecular weight is 543 g/mol. The first kappa shape index (κ1) is 24.6. The van der Waals surface area contributed by atoms with Gasteiger partial charge < -0.3 is 8.92 Å². The van der Waals surface area contributed by atoms with E-state index in [0.29, 0.717) is 28.4 Å². The van der Waals surface area contributed by atoms with E-state index in [-0.39, 0.29) is 30.4 Å². The Hall–Kier alpha value is -3.53. The second-order valence-corrected chi connectivity index (χ2v) is 10.5. The van der Waals surface area contributed by atoms with Crippen LogP contribution in [0.25, 0.3) is 0 Å². The summed E-state index contributed by atoms with van der Waals surface area (Å²) >= 11 is 0. The Morgan fingerprint density at radius 3 is 2.43 bits per heavy atom. The van der Waals surface area contributed by atoms with Crippen LogP contribution in [0, 0.1) is 0 Å². The molecule has 0 N–H and O–H groups in total. The van der Waals surface area contributed by atoms with Crippen LogP contribution in [0.3, 0.4) is 0 Å². The molecule has 2 aromatic heterocycles. The molecule has 16 heteroatoms. The third kappa shape index (κ3) is 5.94. The number of halogens is 1. The number of hydrogen-bond acceptors (Lipinski definition) is 11. The lowest BCUT2D eigenvalue weighted by Gasteiger charge is -2.14. The number of hydrogen-bond donors (Lipinski definition) is 0. The molecule has 1 aromatic carbocycles. The fourth-order valence-corrected chi connectivity index (χ4v) is 4.95. The molecule has 3 aromatic rings. The summed E-state index contributed by atoms with van der Waals surface area (Å²) in [5.74, 6) is 0.239. The van der Waals surface area contributed by atoms with Crippen molar-refractivity contribution in [2.45, 2.75) is 13.2 Å². The molecule has 1 aliphatic heterocycles. The van der Waals surface area contributed by atoms with Gasteiger partial charge in [0.1, 0.15) is 12.4 Å². The minimum absolute atomic E-state index is 0.00160. The number of rotatable bonds is 8. The van der Waals surface area contributed by atoms with Crippen molar-refractivity contribution < 1.29 is 34.2 Å². The number of anilines is 1. The number of pyridine rings is 1. The standard InChI is InChI=1S/C19H15ClN4O9S2/c1-23-18(25)7-6-17(22-23)24-10-12-8-14(4-5-16(12)19(24)26)31-11-13-2-3-15(9-21-13)32-35(29,30)33-34(20,27)28/h2-9H,10-11H2,1H3. The molecule has 0 saturated heterocycles. The van der Waals surface area contributed by atoms with Gasteiger partial charge >= 0.3 is 19.7 Å². The van der Waals surface area contributed by atoms with E-state index in [2.05, 4.69) is 17.9 Å². The monoisotopic (exact) mass is 542 g/mol. The van der Waals surface area contributed by atoms with Crippen molar-refractivity contribution in [1.82, 2.24) is 14.8 Å². The maximum absolute atomic E-state index is 12.7. The van der Waals surface area contributed by atoms with Crippen LogP contribution < -0.4 is 19.4 Å². The summed E-state index contributed by atoms with van der Waals surface area (Å²) in [7, 11) is -3.53. The molecule has 13 nitrogen and oxygen atoms in total. The summed E-state index contributed by atoms with van der Waals surface area (Å²) in [6.45, 7) is 0.244. The molecular weight excluding hydrogens is 528 g/mol. The highest BCUT2D eigenvalue weighted by molar-refractivity contribution is 8.14. The minimum atomic E-state index is -4.94. The number of aromatic nitrogens is 3. The van der Waals surface area contributed by atoms with Gasteiger partial charge in [-0.3, -0.25) is 19.5 Å². The molecule has 1 aliphatic rings. The Morgan fingerprint density at radius 1 is 1.03 bits per heavy atom. The van der Waals surface area contributed by atoms with Crippen molar-refractivity contribution >= 4 is 42.1 Å². The normalized spacial score (nSPS) is 13.5. The van der Waals surface area contributed by atoms with E-state index in [9.17, 15) is 26.4 Å². The molecule has 0 saturated carbocycles. The second-order valence-electron chi connectivity index (χ2n) is 7.09. The number of nitrogens with zero attached hydrogens (tertiary/aromatic N) is 4.